The second-order valence-corrected chi connectivity index (χ2v) is 5.82. The zero-order valence-corrected chi connectivity index (χ0v) is 12.1. The summed E-state index contributed by atoms with van der Waals surface area (Å²) in [4.78, 5) is 6.59. The normalized spacial score (nSPS) is 19.7. The number of hydrogen-bond donors (Lipinski definition) is 2. The summed E-state index contributed by atoms with van der Waals surface area (Å²) < 4.78 is 0. The summed E-state index contributed by atoms with van der Waals surface area (Å²) in [7, 11) is 0. The van der Waals surface area contributed by atoms with Crippen molar-refractivity contribution < 1.29 is 0 Å². The molecule has 1 unspecified atom stereocenters. The van der Waals surface area contributed by atoms with Crippen LogP contribution in [0.5, 0.6) is 0 Å². The molecule has 0 bridgehead atoms. The minimum absolute atomic E-state index is 0.436. The summed E-state index contributed by atoms with van der Waals surface area (Å²) in [6, 6.07) is 1.68. The molecule has 1 saturated heterocycles. The van der Waals surface area contributed by atoms with Crippen molar-refractivity contribution in [3.63, 3.8) is 0 Å². The van der Waals surface area contributed by atoms with Crippen LogP contribution in [-0.2, 0) is 0 Å². The van der Waals surface area contributed by atoms with E-state index in [1.165, 1.54) is 6.42 Å². The molecule has 4 nitrogen and oxygen atoms in total. The molecule has 1 atom stereocenters. The minimum Gasteiger partial charge on any atom is -0.355 e. The Labute approximate surface area is 117 Å². The topological polar surface area (TPSA) is 54.2 Å². The first kappa shape index (κ1) is 13.7. The monoisotopic (exact) mass is 288 g/mol. The maximum atomic E-state index is 6.21. The van der Waals surface area contributed by atoms with E-state index < -0.39 is 0 Å². The van der Waals surface area contributed by atoms with Gasteiger partial charge in [0.15, 0.2) is 5.82 Å². The van der Waals surface area contributed by atoms with Gasteiger partial charge in [0.1, 0.15) is 5.82 Å². The minimum atomic E-state index is 0.436. The maximum Gasteiger partial charge on any atom is 0.161 e. The number of hydrazine groups is 1. The van der Waals surface area contributed by atoms with Crippen molar-refractivity contribution >= 4 is 34.8 Å². The van der Waals surface area contributed by atoms with E-state index in [1.807, 2.05) is 0 Å². The molecule has 100 valence electrons. The Kier molecular flexibility index (Phi) is 4.20. The van der Waals surface area contributed by atoms with Crippen molar-refractivity contribution in [1.29, 1.82) is 0 Å². The van der Waals surface area contributed by atoms with E-state index in [2.05, 4.69) is 29.2 Å². The lowest BCUT2D eigenvalue weighted by molar-refractivity contribution is 0.422. The van der Waals surface area contributed by atoms with Gasteiger partial charge in [-0.1, -0.05) is 37.0 Å². The molecule has 2 rings (SSSR count). The Bertz CT molecular complexity index is 436. The number of anilines is 2. The number of hydrogen-bond acceptors (Lipinski definition) is 4. The fraction of sp³-hybridized carbons (Fsp3) is 0.583. The van der Waals surface area contributed by atoms with Gasteiger partial charge in [0.05, 0.1) is 10.0 Å². The molecule has 0 aromatic carbocycles. The van der Waals surface area contributed by atoms with Gasteiger partial charge in [-0.25, -0.2) is 10.8 Å². The summed E-state index contributed by atoms with van der Waals surface area (Å²) in [5.74, 6) is 7.97. The first-order valence-corrected chi connectivity index (χ1v) is 6.86. The average Bonchev–Trinajstić information content (AvgIpc) is 2.78. The number of nitrogens with one attached hydrogen (secondary N) is 1. The second kappa shape index (κ2) is 5.51. The van der Waals surface area contributed by atoms with Crippen LogP contribution in [0, 0.1) is 11.8 Å². The van der Waals surface area contributed by atoms with E-state index in [9.17, 15) is 0 Å². The van der Waals surface area contributed by atoms with Gasteiger partial charge >= 0.3 is 0 Å². The van der Waals surface area contributed by atoms with Gasteiger partial charge in [0.25, 0.3) is 0 Å². The smallest absolute Gasteiger partial charge is 0.161 e. The van der Waals surface area contributed by atoms with E-state index in [0.717, 1.165) is 18.9 Å². The van der Waals surface area contributed by atoms with Crippen LogP contribution < -0.4 is 16.2 Å². The predicted octanol–water partition coefficient (Wildman–Crippen LogP) is 3.16. The average molecular weight is 289 g/mol. The van der Waals surface area contributed by atoms with Crippen molar-refractivity contribution in [2.24, 2.45) is 17.7 Å². The third-order valence-electron chi connectivity index (χ3n) is 3.51. The molecule has 2 heterocycles. The van der Waals surface area contributed by atoms with Crippen molar-refractivity contribution in [2.75, 3.05) is 23.4 Å². The molecule has 1 aliphatic rings. The number of nitrogens with two attached hydrogens (primary N) is 1. The second-order valence-electron chi connectivity index (χ2n) is 5.01. The molecule has 1 aliphatic heterocycles. The molecular weight excluding hydrogens is 271 g/mol. The summed E-state index contributed by atoms with van der Waals surface area (Å²) in [6.45, 7) is 6.45. The summed E-state index contributed by atoms with van der Waals surface area (Å²) >= 11 is 12.2. The molecule has 1 aromatic heterocycles. The third-order valence-corrected chi connectivity index (χ3v) is 4.08. The third kappa shape index (κ3) is 2.66. The molecule has 0 amide bonds. The van der Waals surface area contributed by atoms with E-state index in [0.29, 0.717) is 27.7 Å². The van der Waals surface area contributed by atoms with Gasteiger partial charge in [-0.15, -0.1) is 0 Å². The van der Waals surface area contributed by atoms with Crippen LogP contribution in [0.2, 0.25) is 10.0 Å². The standard InChI is InChI=1S/C12H18Cl2N4/c1-7(2)8-3-4-18(6-8)12-10(14)5-9(13)11(16-12)17-15/h5,7-8H,3-4,6,15H2,1-2H3,(H,16,17). The first-order chi connectivity index (χ1) is 8.52. The number of rotatable bonds is 3. The highest BCUT2D eigenvalue weighted by Crippen LogP contribution is 2.35. The SMILES string of the molecule is CC(C)C1CCN(c2nc(NN)c(Cl)cc2Cl)C1. The fourth-order valence-electron chi connectivity index (χ4n) is 2.30. The zero-order valence-electron chi connectivity index (χ0n) is 10.6. The first-order valence-electron chi connectivity index (χ1n) is 6.10. The van der Waals surface area contributed by atoms with Gasteiger partial charge in [0, 0.05) is 13.1 Å². The molecule has 6 heteroatoms. The zero-order chi connectivity index (χ0) is 13.3. The molecule has 0 radical (unpaired) electrons. The quantitative estimate of drug-likeness (QED) is 0.663. The summed E-state index contributed by atoms with van der Waals surface area (Å²) in [6.07, 6.45) is 1.17. The molecule has 1 aromatic rings. The van der Waals surface area contributed by atoms with Gasteiger partial charge in [-0.2, -0.15) is 0 Å². The van der Waals surface area contributed by atoms with Gasteiger partial charge in [-0.3, -0.25) is 0 Å². The van der Waals surface area contributed by atoms with Crippen molar-refractivity contribution in [2.45, 2.75) is 20.3 Å². The van der Waals surface area contributed by atoms with Gasteiger partial charge in [0.2, 0.25) is 0 Å². The lowest BCUT2D eigenvalue weighted by atomic mass is 9.95. The molecule has 18 heavy (non-hydrogen) atoms. The molecule has 0 saturated carbocycles. The lowest BCUT2D eigenvalue weighted by Crippen LogP contribution is -2.23. The molecular formula is C12H18Cl2N4. The van der Waals surface area contributed by atoms with Crippen LogP contribution in [0.25, 0.3) is 0 Å². The van der Waals surface area contributed by atoms with Gasteiger partial charge in [-0.05, 0) is 24.3 Å². The highest BCUT2D eigenvalue weighted by Gasteiger charge is 2.27. The van der Waals surface area contributed by atoms with Crippen LogP contribution in [0.3, 0.4) is 0 Å². The van der Waals surface area contributed by atoms with Crippen molar-refractivity contribution in [1.82, 2.24) is 4.98 Å². The lowest BCUT2D eigenvalue weighted by Gasteiger charge is -2.21. The molecule has 0 aliphatic carbocycles. The highest BCUT2D eigenvalue weighted by atomic mass is 35.5. The Hall–Kier alpha value is -0.710. The Morgan fingerprint density at radius 1 is 1.44 bits per heavy atom. The summed E-state index contributed by atoms with van der Waals surface area (Å²) in [5.41, 5.74) is 2.49. The van der Waals surface area contributed by atoms with E-state index in [-0.39, 0.29) is 0 Å². The van der Waals surface area contributed by atoms with Crippen molar-refractivity contribution in [3.05, 3.63) is 16.1 Å². The van der Waals surface area contributed by atoms with E-state index in [4.69, 9.17) is 29.0 Å². The number of nitrogens with zero attached hydrogens (tertiary/aromatic N) is 2. The number of aromatic nitrogens is 1. The van der Waals surface area contributed by atoms with Crippen LogP contribution in [0.1, 0.15) is 20.3 Å². The number of halogens is 2. The highest BCUT2D eigenvalue weighted by molar-refractivity contribution is 6.37. The van der Waals surface area contributed by atoms with Crippen LogP contribution in [0.4, 0.5) is 11.6 Å². The number of pyridine rings is 1. The van der Waals surface area contributed by atoms with E-state index >= 15 is 0 Å². The fourth-order valence-corrected chi connectivity index (χ4v) is 2.84. The molecule has 3 N–H and O–H groups in total. The largest absolute Gasteiger partial charge is 0.355 e. The van der Waals surface area contributed by atoms with Crippen LogP contribution in [0.15, 0.2) is 6.07 Å². The van der Waals surface area contributed by atoms with Crippen LogP contribution >= 0.6 is 23.2 Å². The Balaban J connectivity index is 2.24. The van der Waals surface area contributed by atoms with Crippen molar-refractivity contribution in [3.8, 4) is 0 Å². The molecule has 1 fully saturated rings. The Morgan fingerprint density at radius 3 is 2.72 bits per heavy atom. The van der Waals surface area contributed by atoms with Crippen LogP contribution in [-0.4, -0.2) is 18.1 Å². The van der Waals surface area contributed by atoms with E-state index in [1.54, 1.807) is 6.07 Å². The number of nitrogen functional groups attached to an aromatic ring is 1. The summed E-state index contributed by atoms with van der Waals surface area (Å²) in [5, 5.41) is 1.01. The van der Waals surface area contributed by atoms with Gasteiger partial charge < -0.3 is 10.3 Å². The maximum absolute atomic E-state index is 6.21. The predicted molar refractivity (Wildman–Crippen MR) is 77.2 cm³/mol. The Morgan fingerprint density at radius 2 is 2.17 bits per heavy atom. The molecule has 0 spiro atoms.